The first-order valence-corrected chi connectivity index (χ1v) is 11.6. The lowest BCUT2D eigenvalue weighted by molar-refractivity contribution is -0.147. The fraction of sp³-hybridized carbons (Fsp3) is 0.391. The van der Waals surface area contributed by atoms with Crippen LogP contribution < -0.4 is 20.5 Å². The molecule has 0 saturated carbocycles. The molecule has 2 aliphatic rings. The predicted molar refractivity (Wildman–Crippen MR) is 120 cm³/mol. The van der Waals surface area contributed by atoms with Crippen molar-refractivity contribution in [1.29, 1.82) is 0 Å². The molecule has 33 heavy (non-hydrogen) atoms. The van der Waals surface area contributed by atoms with Gasteiger partial charge in [0, 0.05) is 16.9 Å². The number of ether oxygens (including phenoxy) is 3. The van der Waals surface area contributed by atoms with Gasteiger partial charge >= 0.3 is 5.97 Å². The van der Waals surface area contributed by atoms with E-state index in [1.54, 1.807) is 18.2 Å². The summed E-state index contributed by atoms with van der Waals surface area (Å²) in [5.74, 6) is -0.992. The Balaban J connectivity index is 1.26. The van der Waals surface area contributed by atoms with Crippen LogP contribution in [0.4, 0.5) is 5.00 Å². The molecule has 2 heterocycles. The Morgan fingerprint density at radius 3 is 2.58 bits per heavy atom. The lowest BCUT2D eigenvalue weighted by Gasteiger charge is -2.18. The largest absolute Gasteiger partial charge is 0.486 e. The van der Waals surface area contributed by atoms with Gasteiger partial charge in [0.05, 0.1) is 12.0 Å². The van der Waals surface area contributed by atoms with Crippen LogP contribution in [0, 0.1) is 0 Å². The average molecular weight is 473 g/mol. The number of fused-ring (bicyclic) bond motifs is 2. The predicted octanol–water partition coefficient (Wildman–Crippen LogP) is 2.64. The van der Waals surface area contributed by atoms with E-state index in [9.17, 15) is 19.2 Å². The summed E-state index contributed by atoms with van der Waals surface area (Å²) in [5.41, 5.74) is 7.18. The molecule has 174 valence electrons. The Hall–Kier alpha value is -3.40. The molecule has 0 spiro atoms. The zero-order chi connectivity index (χ0) is 23.4. The third kappa shape index (κ3) is 5.33. The molecule has 0 radical (unpaired) electrons. The second-order valence-electron chi connectivity index (χ2n) is 7.77. The number of ketones is 1. The molecule has 10 heteroatoms. The minimum Gasteiger partial charge on any atom is -0.486 e. The number of esters is 1. The molecule has 0 atom stereocenters. The Kier molecular flexibility index (Phi) is 6.93. The molecule has 1 aliphatic heterocycles. The number of carbonyl (C=O) groups is 4. The molecular weight excluding hydrogens is 448 g/mol. The molecule has 0 unspecified atom stereocenters. The van der Waals surface area contributed by atoms with Crippen molar-refractivity contribution in [2.45, 2.75) is 38.5 Å². The van der Waals surface area contributed by atoms with Crippen LogP contribution in [0.3, 0.4) is 0 Å². The number of Topliss-reactive ketones (excluding diaryl/α,β-unsaturated/α-hetero) is 1. The number of nitrogens with one attached hydrogen (secondary N) is 1. The minimum atomic E-state index is -0.670. The molecule has 3 N–H and O–H groups in total. The van der Waals surface area contributed by atoms with Crippen molar-refractivity contribution in [1.82, 2.24) is 0 Å². The van der Waals surface area contributed by atoms with Crippen molar-refractivity contribution in [3.05, 3.63) is 39.8 Å². The molecule has 0 fully saturated rings. The number of nitrogens with two attached hydrogens (primary N) is 1. The summed E-state index contributed by atoms with van der Waals surface area (Å²) in [4.78, 5) is 49.6. The van der Waals surface area contributed by atoms with Crippen LogP contribution in [0.1, 0.15) is 56.8 Å². The van der Waals surface area contributed by atoms with Gasteiger partial charge in [-0.3, -0.25) is 19.2 Å². The molecular formula is C23H24N2O7S. The summed E-state index contributed by atoms with van der Waals surface area (Å²) in [5, 5.41) is 3.03. The quantitative estimate of drug-likeness (QED) is 0.445. The maximum absolute atomic E-state index is 12.4. The van der Waals surface area contributed by atoms with Gasteiger partial charge in [-0.15, -0.1) is 11.3 Å². The summed E-state index contributed by atoms with van der Waals surface area (Å²) >= 11 is 1.34. The number of amides is 2. The van der Waals surface area contributed by atoms with E-state index in [4.69, 9.17) is 19.9 Å². The topological polar surface area (TPSA) is 134 Å². The van der Waals surface area contributed by atoms with Crippen LogP contribution in [0.5, 0.6) is 11.5 Å². The van der Waals surface area contributed by atoms with Gasteiger partial charge in [-0.2, -0.15) is 0 Å². The van der Waals surface area contributed by atoms with Gasteiger partial charge in [-0.05, 0) is 49.4 Å². The minimum absolute atomic E-state index is 0.0659. The zero-order valence-corrected chi connectivity index (χ0v) is 18.8. The van der Waals surface area contributed by atoms with Gasteiger partial charge in [-0.25, -0.2) is 0 Å². The number of rotatable bonds is 8. The molecule has 1 aromatic carbocycles. The van der Waals surface area contributed by atoms with E-state index >= 15 is 0 Å². The molecule has 1 aliphatic carbocycles. The summed E-state index contributed by atoms with van der Waals surface area (Å²) in [6.07, 6.45) is 3.38. The van der Waals surface area contributed by atoms with E-state index in [2.05, 4.69) is 5.32 Å². The van der Waals surface area contributed by atoms with Crippen molar-refractivity contribution < 1.29 is 33.4 Å². The highest BCUT2D eigenvalue weighted by Crippen LogP contribution is 2.38. The number of anilines is 1. The molecule has 4 rings (SSSR count). The number of thiophene rings is 1. The fourth-order valence-electron chi connectivity index (χ4n) is 3.87. The standard InChI is InChI=1S/C23H24N2O7S/c24-22(29)21-14-3-1-2-4-18(14)33-23(21)25-19(27)12-32-20(28)8-6-15(26)13-5-7-16-17(11-13)31-10-9-30-16/h5,7,11H,1-4,6,8-10,12H2,(H2,24,29)(H,25,27). The number of aryl methyl sites for hydroxylation is 1. The van der Waals surface area contributed by atoms with Gasteiger partial charge in [0.15, 0.2) is 23.9 Å². The normalized spacial score (nSPS) is 14.2. The number of benzene rings is 1. The summed E-state index contributed by atoms with van der Waals surface area (Å²) in [6, 6.07) is 4.87. The molecule has 0 saturated heterocycles. The van der Waals surface area contributed by atoms with Crippen molar-refractivity contribution >= 4 is 39.9 Å². The lowest BCUT2D eigenvalue weighted by Crippen LogP contribution is -2.23. The molecule has 1 aromatic heterocycles. The first kappa shape index (κ1) is 22.8. The van der Waals surface area contributed by atoms with Crippen LogP contribution in [-0.2, 0) is 27.2 Å². The second-order valence-corrected chi connectivity index (χ2v) is 8.87. The van der Waals surface area contributed by atoms with Crippen molar-refractivity contribution in [2.75, 3.05) is 25.1 Å². The summed E-state index contributed by atoms with van der Waals surface area (Å²) in [7, 11) is 0. The van der Waals surface area contributed by atoms with E-state index in [-0.39, 0.29) is 18.6 Å². The Morgan fingerprint density at radius 2 is 1.79 bits per heavy atom. The molecule has 2 amide bonds. The van der Waals surface area contributed by atoms with Crippen molar-refractivity contribution in [3.63, 3.8) is 0 Å². The SMILES string of the molecule is NC(=O)c1c(NC(=O)COC(=O)CCC(=O)c2ccc3c(c2)OCCO3)sc2c1CCCC2. The summed E-state index contributed by atoms with van der Waals surface area (Å²) < 4.78 is 15.9. The van der Waals surface area contributed by atoms with E-state index in [1.807, 2.05) is 0 Å². The van der Waals surface area contributed by atoms with E-state index < -0.39 is 24.4 Å². The number of hydrogen-bond acceptors (Lipinski definition) is 8. The van der Waals surface area contributed by atoms with Crippen LogP contribution in [-0.4, -0.2) is 43.4 Å². The van der Waals surface area contributed by atoms with Crippen molar-refractivity contribution in [2.24, 2.45) is 5.73 Å². The highest BCUT2D eigenvalue weighted by molar-refractivity contribution is 7.17. The van der Waals surface area contributed by atoms with Gasteiger partial charge < -0.3 is 25.3 Å². The summed E-state index contributed by atoms with van der Waals surface area (Å²) in [6.45, 7) is 0.351. The molecule has 9 nitrogen and oxygen atoms in total. The highest BCUT2D eigenvalue weighted by Gasteiger charge is 2.25. The second kappa shape index (κ2) is 10.0. The number of hydrogen-bond donors (Lipinski definition) is 2. The third-order valence-corrected chi connectivity index (χ3v) is 6.66. The first-order valence-electron chi connectivity index (χ1n) is 10.7. The molecule has 0 bridgehead atoms. The zero-order valence-electron chi connectivity index (χ0n) is 17.9. The Labute approximate surface area is 194 Å². The first-order chi connectivity index (χ1) is 15.9. The number of primary amides is 1. The lowest BCUT2D eigenvalue weighted by atomic mass is 9.95. The van der Waals surface area contributed by atoms with Crippen LogP contribution in [0.25, 0.3) is 0 Å². The monoisotopic (exact) mass is 472 g/mol. The van der Waals surface area contributed by atoms with Crippen molar-refractivity contribution in [3.8, 4) is 11.5 Å². The maximum atomic E-state index is 12.4. The van der Waals surface area contributed by atoms with Crippen LogP contribution >= 0.6 is 11.3 Å². The van der Waals surface area contributed by atoms with Gasteiger partial charge in [-0.1, -0.05) is 0 Å². The number of carbonyl (C=O) groups excluding carboxylic acids is 4. The molecule has 2 aromatic rings. The van der Waals surface area contributed by atoms with Crippen LogP contribution in [0.15, 0.2) is 18.2 Å². The maximum Gasteiger partial charge on any atom is 0.306 e. The third-order valence-electron chi connectivity index (χ3n) is 5.46. The highest BCUT2D eigenvalue weighted by atomic mass is 32.1. The Bertz CT molecular complexity index is 1110. The van der Waals surface area contributed by atoms with E-state index in [1.165, 1.54) is 11.3 Å². The fourth-order valence-corrected chi connectivity index (χ4v) is 5.18. The van der Waals surface area contributed by atoms with Crippen LogP contribution in [0.2, 0.25) is 0 Å². The average Bonchev–Trinajstić information content (AvgIpc) is 3.18. The van der Waals surface area contributed by atoms with E-state index in [0.29, 0.717) is 40.8 Å². The van der Waals surface area contributed by atoms with Gasteiger partial charge in [0.25, 0.3) is 11.8 Å². The Morgan fingerprint density at radius 1 is 1.03 bits per heavy atom. The van der Waals surface area contributed by atoms with Gasteiger partial charge in [0.1, 0.15) is 18.2 Å². The van der Waals surface area contributed by atoms with E-state index in [0.717, 1.165) is 36.1 Å². The smallest absolute Gasteiger partial charge is 0.306 e. The van der Waals surface area contributed by atoms with Gasteiger partial charge in [0.2, 0.25) is 0 Å².